The van der Waals surface area contributed by atoms with E-state index in [0.717, 1.165) is 11.1 Å². The van der Waals surface area contributed by atoms with Crippen molar-refractivity contribution >= 4 is 27.3 Å². The first-order valence-corrected chi connectivity index (χ1v) is 10.8. The smallest absolute Gasteiger partial charge is 0.262 e. The van der Waals surface area contributed by atoms with E-state index in [4.69, 9.17) is 11.6 Å². The zero-order chi connectivity index (χ0) is 19.6. The van der Waals surface area contributed by atoms with E-state index >= 15 is 0 Å². The van der Waals surface area contributed by atoms with E-state index in [1.807, 2.05) is 39.8 Å². The molecule has 2 aromatic rings. The van der Waals surface area contributed by atoms with Gasteiger partial charge >= 0.3 is 0 Å². The molecular weight excluding hydrogens is 366 g/mol. The Kier molecular flexibility index (Phi) is 6.41. The Hall–Kier alpha value is -1.52. The fraction of sp³-hybridized carbons (Fsp3) is 0.429. The quantitative estimate of drug-likeness (QED) is 0.607. The van der Waals surface area contributed by atoms with Crippen LogP contribution in [-0.4, -0.2) is 8.42 Å². The van der Waals surface area contributed by atoms with Gasteiger partial charge in [-0.25, -0.2) is 8.42 Å². The third kappa shape index (κ3) is 4.60. The highest BCUT2D eigenvalue weighted by atomic mass is 35.5. The summed E-state index contributed by atoms with van der Waals surface area (Å²) in [7, 11) is -3.73. The molecule has 0 saturated heterocycles. The highest BCUT2D eigenvalue weighted by Gasteiger charge is 2.27. The molecule has 2 rings (SSSR count). The molecule has 0 saturated carbocycles. The van der Waals surface area contributed by atoms with Crippen LogP contribution in [0.2, 0.25) is 5.02 Å². The van der Waals surface area contributed by atoms with Gasteiger partial charge in [-0.2, -0.15) is 0 Å². The van der Waals surface area contributed by atoms with Gasteiger partial charge in [0.25, 0.3) is 10.0 Å². The number of anilines is 1. The molecule has 0 aliphatic heterocycles. The number of hydrogen-bond acceptors (Lipinski definition) is 2. The lowest BCUT2D eigenvalue weighted by Crippen LogP contribution is -2.19. The maximum Gasteiger partial charge on any atom is 0.262 e. The summed E-state index contributed by atoms with van der Waals surface area (Å²) in [5.74, 6) is 0.525. The molecule has 0 heterocycles. The summed E-state index contributed by atoms with van der Waals surface area (Å²) in [6, 6.07) is 10.8. The zero-order valence-electron chi connectivity index (χ0n) is 16.3. The second-order valence-electron chi connectivity index (χ2n) is 7.61. The highest BCUT2D eigenvalue weighted by molar-refractivity contribution is 7.92. The van der Waals surface area contributed by atoms with Crippen LogP contribution in [0.1, 0.15) is 76.0 Å². The van der Waals surface area contributed by atoms with Crippen molar-refractivity contribution in [3.05, 3.63) is 58.1 Å². The molecule has 0 radical (unpaired) electrons. The van der Waals surface area contributed by atoms with Crippen LogP contribution in [0, 0.1) is 0 Å². The van der Waals surface area contributed by atoms with E-state index in [2.05, 4.69) is 18.6 Å². The number of sulfonamides is 1. The molecule has 0 spiro atoms. The number of halogens is 1. The van der Waals surface area contributed by atoms with Crippen LogP contribution in [0.25, 0.3) is 0 Å². The Bertz CT molecular complexity index is 858. The van der Waals surface area contributed by atoms with Crippen molar-refractivity contribution in [2.45, 2.75) is 64.2 Å². The molecule has 2 aromatic carbocycles. The molecular formula is C21H28ClNO2S. The summed E-state index contributed by atoms with van der Waals surface area (Å²) in [6.07, 6.45) is 0. The molecule has 142 valence electrons. The minimum absolute atomic E-state index is 0.0946. The van der Waals surface area contributed by atoms with Crippen LogP contribution >= 0.6 is 11.6 Å². The lowest BCUT2D eigenvalue weighted by molar-refractivity contribution is 0.595. The van der Waals surface area contributed by atoms with Gasteiger partial charge in [-0.05, 0) is 52.6 Å². The molecule has 0 amide bonds. The van der Waals surface area contributed by atoms with E-state index in [9.17, 15) is 8.42 Å². The molecule has 0 fully saturated rings. The maximum absolute atomic E-state index is 13.3. The predicted octanol–water partition coefficient (Wildman–Crippen LogP) is 6.51. The van der Waals surface area contributed by atoms with E-state index in [1.165, 1.54) is 5.56 Å². The summed E-state index contributed by atoms with van der Waals surface area (Å²) in [4.78, 5) is 0.395. The molecule has 0 bridgehead atoms. The zero-order valence-corrected chi connectivity index (χ0v) is 17.9. The van der Waals surface area contributed by atoms with E-state index in [0.29, 0.717) is 21.5 Å². The Morgan fingerprint density at radius 2 is 1.38 bits per heavy atom. The first-order valence-electron chi connectivity index (χ1n) is 8.99. The van der Waals surface area contributed by atoms with Crippen molar-refractivity contribution in [3.8, 4) is 0 Å². The Balaban J connectivity index is 2.69. The van der Waals surface area contributed by atoms with Crippen molar-refractivity contribution < 1.29 is 8.42 Å². The monoisotopic (exact) mass is 393 g/mol. The Labute approximate surface area is 162 Å². The molecule has 0 aliphatic carbocycles. The Morgan fingerprint density at radius 3 is 1.81 bits per heavy atom. The van der Waals surface area contributed by atoms with Gasteiger partial charge < -0.3 is 0 Å². The molecule has 26 heavy (non-hydrogen) atoms. The van der Waals surface area contributed by atoms with Gasteiger partial charge in [0.1, 0.15) is 0 Å². The average molecular weight is 394 g/mol. The molecule has 1 N–H and O–H groups in total. The second-order valence-corrected chi connectivity index (χ2v) is 9.66. The van der Waals surface area contributed by atoms with E-state index in [1.54, 1.807) is 24.3 Å². The van der Waals surface area contributed by atoms with Gasteiger partial charge in [0.2, 0.25) is 0 Å². The number of benzene rings is 2. The van der Waals surface area contributed by atoms with Gasteiger partial charge in [-0.15, -0.1) is 0 Å². The largest absolute Gasteiger partial charge is 0.280 e. The van der Waals surface area contributed by atoms with Gasteiger partial charge in [-0.3, -0.25) is 4.72 Å². The van der Waals surface area contributed by atoms with Crippen molar-refractivity contribution in [1.82, 2.24) is 0 Å². The van der Waals surface area contributed by atoms with Gasteiger partial charge in [0, 0.05) is 5.02 Å². The summed E-state index contributed by atoms with van der Waals surface area (Å²) in [6.45, 7) is 12.4. The summed E-state index contributed by atoms with van der Waals surface area (Å²) < 4.78 is 29.3. The number of nitrogens with one attached hydrogen (secondary N) is 1. The molecule has 0 atom stereocenters. The van der Waals surface area contributed by atoms with Gasteiger partial charge in [-0.1, -0.05) is 71.3 Å². The van der Waals surface area contributed by atoms with Crippen LogP contribution in [0.3, 0.4) is 0 Å². The fourth-order valence-electron chi connectivity index (χ4n) is 2.96. The number of rotatable bonds is 6. The topological polar surface area (TPSA) is 46.2 Å². The van der Waals surface area contributed by atoms with Crippen LogP contribution in [0.5, 0.6) is 0 Å². The minimum atomic E-state index is -3.73. The normalized spacial score (nSPS) is 12.2. The van der Waals surface area contributed by atoms with Crippen molar-refractivity contribution in [3.63, 3.8) is 0 Å². The minimum Gasteiger partial charge on any atom is -0.280 e. The summed E-state index contributed by atoms with van der Waals surface area (Å²) in [5.41, 5.74) is 3.35. The molecule has 0 aromatic heterocycles. The number of hydrogen-bond donors (Lipinski definition) is 1. The summed E-state index contributed by atoms with van der Waals surface area (Å²) in [5, 5.41) is 0.494. The summed E-state index contributed by atoms with van der Waals surface area (Å²) >= 11 is 6.00. The van der Waals surface area contributed by atoms with Crippen LogP contribution in [0.4, 0.5) is 5.69 Å². The third-order valence-electron chi connectivity index (χ3n) is 4.42. The molecule has 0 aliphatic rings. The lowest BCUT2D eigenvalue weighted by Gasteiger charge is -2.23. The molecule has 0 unspecified atom stereocenters. The lowest BCUT2D eigenvalue weighted by atomic mass is 9.89. The second kappa shape index (κ2) is 8.01. The maximum atomic E-state index is 13.3. The van der Waals surface area contributed by atoms with Gasteiger partial charge in [0.15, 0.2) is 0 Å². The third-order valence-corrected chi connectivity index (χ3v) is 6.17. The van der Waals surface area contributed by atoms with E-state index in [-0.39, 0.29) is 11.8 Å². The first kappa shape index (κ1) is 20.8. The van der Waals surface area contributed by atoms with Crippen LogP contribution < -0.4 is 4.72 Å². The van der Waals surface area contributed by atoms with Crippen molar-refractivity contribution in [1.29, 1.82) is 0 Å². The highest BCUT2D eigenvalue weighted by Crippen LogP contribution is 2.36. The van der Waals surface area contributed by atoms with E-state index < -0.39 is 10.0 Å². The van der Waals surface area contributed by atoms with Gasteiger partial charge in [0.05, 0.1) is 10.6 Å². The SMILES string of the molecule is CC(C)c1cc(C(C)C)c(S(=O)(=O)Nc2cccc(Cl)c2)c(C(C)C)c1. The van der Waals surface area contributed by atoms with Crippen LogP contribution in [0.15, 0.2) is 41.3 Å². The average Bonchev–Trinajstić information content (AvgIpc) is 2.52. The predicted molar refractivity (Wildman–Crippen MR) is 111 cm³/mol. The standard InChI is InChI=1S/C21H28ClNO2S/c1-13(2)16-10-19(14(3)4)21(20(11-16)15(5)6)26(24,25)23-18-9-7-8-17(22)12-18/h7-15,23H,1-6H3. The fourth-order valence-corrected chi connectivity index (χ4v) is 4.90. The van der Waals surface area contributed by atoms with Crippen molar-refractivity contribution in [2.75, 3.05) is 4.72 Å². The van der Waals surface area contributed by atoms with Crippen molar-refractivity contribution in [2.24, 2.45) is 0 Å². The molecule has 3 nitrogen and oxygen atoms in total. The molecule has 5 heteroatoms. The van der Waals surface area contributed by atoms with Crippen LogP contribution in [-0.2, 0) is 10.0 Å². The Morgan fingerprint density at radius 1 is 0.846 bits per heavy atom. The first-order chi connectivity index (χ1) is 12.0.